The zero-order valence-electron chi connectivity index (χ0n) is 16.9. The van der Waals surface area contributed by atoms with E-state index >= 15 is 0 Å². The lowest BCUT2D eigenvalue weighted by atomic mass is 10.00. The topological polar surface area (TPSA) is 82.5 Å². The molecule has 1 aliphatic heterocycles. The third kappa shape index (κ3) is 3.04. The van der Waals surface area contributed by atoms with Crippen LogP contribution in [0.3, 0.4) is 0 Å². The maximum atomic E-state index is 13.5. The molecule has 7 heteroatoms. The zero-order valence-corrected chi connectivity index (χ0v) is 16.9. The highest BCUT2D eigenvalue weighted by molar-refractivity contribution is 6.12. The molecule has 3 aromatic rings. The van der Waals surface area contributed by atoms with Crippen LogP contribution in [0.25, 0.3) is 0 Å². The van der Waals surface area contributed by atoms with E-state index in [1.54, 1.807) is 36.3 Å². The van der Waals surface area contributed by atoms with Gasteiger partial charge in [0.1, 0.15) is 11.9 Å². The molecular weight excluding hydrogens is 384 g/mol. The second-order valence-electron chi connectivity index (χ2n) is 6.97. The molecule has 0 radical (unpaired) electrons. The number of methoxy groups -OCH3 is 2. The molecule has 0 unspecified atom stereocenters. The molecule has 1 amide bonds. The van der Waals surface area contributed by atoms with Gasteiger partial charge in [-0.1, -0.05) is 12.1 Å². The fourth-order valence-corrected chi connectivity index (χ4v) is 3.80. The van der Waals surface area contributed by atoms with Crippen LogP contribution >= 0.6 is 0 Å². The van der Waals surface area contributed by atoms with Crippen LogP contribution in [0.4, 0.5) is 11.4 Å². The minimum absolute atomic E-state index is 0.124. The number of carbonyl (C=O) groups excluding carboxylic acids is 1. The van der Waals surface area contributed by atoms with Gasteiger partial charge in [0.25, 0.3) is 5.91 Å². The maximum absolute atomic E-state index is 13.5. The lowest BCUT2D eigenvalue weighted by Gasteiger charge is -2.44. The van der Waals surface area contributed by atoms with Gasteiger partial charge in [-0.25, -0.2) is 0 Å². The van der Waals surface area contributed by atoms with E-state index in [2.05, 4.69) is 0 Å². The van der Waals surface area contributed by atoms with Crippen LogP contribution in [0.1, 0.15) is 22.1 Å². The summed E-state index contributed by atoms with van der Waals surface area (Å²) >= 11 is 0. The van der Waals surface area contributed by atoms with Crippen molar-refractivity contribution in [1.29, 1.82) is 0 Å². The number of hydrogen-bond donors (Lipinski definition) is 2. The Balaban J connectivity index is 1.92. The number of carbonyl (C=O) groups is 1. The standard InChI is InChI=1S/C23H22N2O5/c1-24-18-7-5-4-6-17(18)23(28)25(15-8-10-16(29-2)11-9-15)22(24)14-12-19(26)21(27)20(13-14)30-3/h4-13,22,26-27H,1-3H3/t22-/m1/s1. The summed E-state index contributed by atoms with van der Waals surface area (Å²) in [6.07, 6.45) is -0.582. The first-order chi connectivity index (χ1) is 14.5. The Morgan fingerprint density at radius 3 is 2.30 bits per heavy atom. The predicted octanol–water partition coefficient (Wildman–Crippen LogP) is 3.91. The second kappa shape index (κ2) is 7.51. The average molecular weight is 406 g/mol. The van der Waals surface area contributed by atoms with Gasteiger partial charge in [0.15, 0.2) is 11.5 Å². The minimum Gasteiger partial charge on any atom is -0.504 e. The molecule has 154 valence electrons. The van der Waals surface area contributed by atoms with Gasteiger partial charge in [0.2, 0.25) is 5.75 Å². The van der Waals surface area contributed by atoms with Crippen molar-refractivity contribution in [1.82, 2.24) is 0 Å². The molecule has 1 atom stereocenters. The quantitative estimate of drug-likeness (QED) is 0.640. The van der Waals surface area contributed by atoms with Crippen LogP contribution in [-0.2, 0) is 0 Å². The smallest absolute Gasteiger partial charge is 0.262 e. The van der Waals surface area contributed by atoms with Gasteiger partial charge in [-0.15, -0.1) is 0 Å². The highest BCUT2D eigenvalue weighted by Crippen LogP contribution is 2.45. The van der Waals surface area contributed by atoms with E-state index in [0.717, 1.165) is 5.69 Å². The van der Waals surface area contributed by atoms with Gasteiger partial charge in [0.05, 0.1) is 25.5 Å². The van der Waals surface area contributed by atoms with E-state index < -0.39 is 6.17 Å². The van der Waals surface area contributed by atoms with Gasteiger partial charge < -0.3 is 24.6 Å². The number of phenolic OH excluding ortho intramolecular Hbond substituents is 2. The van der Waals surface area contributed by atoms with E-state index in [-0.39, 0.29) is 23.2 Å². The monoisotopic (exact) mass is 406 g/mol. The summed E-state index contributed by atoms with van der Waals surface area (Å²) in [5.41, 5.74) is 2.59. The Morgan fingerprint density at radius 2 is 1.63 bits per heavy atom. The fourth-order valence-electron chi connectivity index (χ4n) is 3.80. The highest BCUT2D eigenvalue weighted by atomic mass is 16.5. The predicted molar refractivity (Wildman–Crippen MR) is 114 cm³/mol. The molecule has 30 heavy (non-hydrogen) atoms. The number of hydrogen-bond acceptors (Lipinski definition) is 6. The molecular formula is C23H22N2O5. The Kier molecular flexibility index (Phi) is 4.87. The second-order valence-corrected chi connectivity index (χ2v) is 6.97. The van der Waals surface area contributed by atoms with Gasteiger partial charge in [-0.2, -0.15) is 0 Å². The molecule has 0 saturated carbocycles. The average Bonchev–Trinajstić information content (AvgIpc) is 2.78. The Hall–Kier alpha value is -3.87. The minimum atomic E-state index is -0.582. The van der Waals surface area contributed by atoms with Crippen LogP contribution in [0.5, 0.6) is 23.0 Å². The lowest BCUT2D eigenvalue weighted by Crippen LogP contribution is -2.48. The third-order valence-corrected chi connectivity index (χ3v) is 5.29. The zero-order chi connectivity index (χ0) is 21.4. The summed E-state index contributed by atoms with van der Waals surface area (Å²) in [5.74, 6) is -0.0385. The summed E-state index contributed by atoms with van der Waals surface area (Å²) in [7, 11) is 4.87. The normalized spacial score (nSPS) is 15.7. The largest absolute Gasteiger partial charge is 0.504 e. The van der Waals surface area contributed by atoms with Crippen molar-refractivity contribution >= 4 is 17.3 Å². The molecule has 3 aromatic carbocycles. The molecule has 4 rings (SSSR count). The number of fused-ring (bicyclic) bond motifs is 1. The van der Waals surface area contributed by atoms with Crippen LogP contribution in [-0.4, -0.2) is 37.4 Å². The van der Waals surface area contributed by atoms with Crippen molar-refractivity contribution in [3.8, 4) is 23.0 Å². The summed E-state index contributed by atoms with van der Waals surface area (Å²) in [6.45, 7) is 0. The van der Waals surface area contributed by atoms with Gasteiger partial charge in [-0.05, 0) is 48.5 Å². The molecule has 0 aliphatic carbocycles. The van der Waals surface area contributed by atoms with Crippen molar-refractivity contribution in [3.05, 3.63) is 71.8 Å². The van der Waals surface area contributed by atoms with Crippen LogP contribution < -0.4 is 19.3 Å². The molecule has 7 nitrogen and oxygen atoms in total. The van der Waals surface area contributed by atoms with Gasteiger partial charge in [-0.3, -0.25) is 9.69 Å². The first kappa shape index (κ1) is 19.4. The summed E-state index contributed by atoms with van der Waals surface area (Å²) in [4.78, 5) is 17.1. The van der Waals surface area contributed by atoms with E-state index in [0.29, 0.717) is 22.6 Å². The van der Waals surface area contributed by atoms with Gasteiger partial charge in [0, 0.05) is 18.3 Å². The Bertz CT molecular complexity index is 1100. The molecule has 1 heterocycles. The van der Waals surface area contributed by atoms with Crippen LogP contribution in [0.15, 0.2) is 60.7 Å². The molecule has 1 aliphatic rings. The van der Waals surface area contributed by atoms with Crippen LogP contribution in [0, 0.1) is 0 Å². The number of para-hydroxylation sites is 1. The molecule has 0 saturated heterocycles. The first-order valence-electron chi connectivity index (χ1n) is 9.35. The molecule has 0 spiro atoms. The van der Waals surface area contributed by atoms with Crippen molar-refractivity contribution in [3.63, 3.8) is 0 Å². The van der Waals surface area contributed by atoms with Crippen molar-refractivity contribution in [2.24, 2.45) is 0 Å². The van der Waals surface area contributed by atoms with Crippen molar-refractivity contribution < 1.29 is 24.5 Å². The number of phenols is 2. The summed E-state index contributed by atoms with van der Waals surface area (Å²) in [5, 5.41) is 20.3. The van der Waals surface area contributed by atoms with E-state index in [9.17, 15) is 15.0 Å². The van der Waals surface area contributed by atoms with Gasteiger partial charge >= 0.3 is 0 Å². The number of aromatic hydroxyl groups is 2. The number of nitrogens with zero attached hydrogens (tertiary/aromatic N) is 2. The number of rotatable bonds is 4. The third-order valence-electron chi connectivity index (χ3n) is 5.29. The number of ether oxygens (including phenoxy) is 2. The fraction of sp³-hybridized carbons (Fsp3) is 0.174. The van der Waals surface area contributed by atoms with E-state index in [4.69, 9.17) is 9.47 Å². The molecule has 0 fully saturated rings. The number of anilines is 2. The van der Waals surface area contributed by atoms with Crippen molar-refractivity contribution in [2.45, 2.75) is 6.17 Å². The van der Waals surface area contributed by atoms with Crippen molar-refractivity contribution in [2.75, 3.05) is 31.1 Å². The first-order valence-corrected chi connectivity index (χ1v) is 9.35. The molecule has 2 N–H and O–H groups in total. The Morgan fingerprint density at radius 1 is 0.933 bits per heavy atom. The Labute approximate surface area is 174 Å². The molecule has 0 bridgehead atoms. The summed E-state index contributed by atoms with van der Waals surface area (Å²) in [6, 6.07) is 17.6. The summed E-state index contributed by atoms with van der Waals surface area (Å²) < 4.78 is 10.5. The van der Waals surface area contributed by atoms with E-state index in [1.165, 1.54) is 13.2 Å². The highest BCUT2D eigenvalue weighted by Gasteiger charge is 2.38. The number of amides is 1. The number of benzene rings is 3. The molecule has 0 aromatic heterocycles. The maximum Gasteiger partial charge on any atom is 0.262 e. The van der Waals surface area contributed by atoms with E-state index in [1.807, 2.05) is 42.3 Å². The van der Waals surface area contributed by atoms with Crippen LogP contribution in [0.2, 0.25) is 0 Å². The SMILES string of the molecule is COc1ccc(N2C(=O)c3ccccc3N(C)[C@H]2c2cc(O)c(O)c(OC)c2)cc1. The lowest BCUT2D eigenvalue weighted by molar-refractivity contribution is 0.0969.